The standard InChI is InChI=1S/C23H28ClN3O4S/c24-21-9-8-19(14-22(21)32(29,30)27-11-2-1-3-12-27)23(28)26(17-20-7-5-13-31-20)16-18-6-4-10-25-15-18/h4,6,8-10,14-15,20H,1-3,5,7,11-13,16-17H2. The van der Waals surface area contributed by atoms with Crippen molar-refractivity contribution < 1.29 is 17.9 Å². The maximum absolute atomic E-state index is 13.5. The number of sulfonamides is 1. The summed E-state index contributed by atoms with van der Waals surface area (Å²) in [5.74, 6) is -0.254. The topological polar surface area (TPSA) is 79.8 Å². The van der Waals surface area contributed by atoms with Gasteiger partial charge in [-0.2, -0.15) is 4.31 Å². The molecule has 0 radical (unpaired) electrons. The molecular formula is C23H28ClN3O4S. The molecular weight excluding hydrogens is 450 g/mol. The number of hydrogen-bond donors (Lipinski definition) is 0. The maximum atomic E-state index is 13.5. The third-order valence-electron chi connectivity index (χ3n) is 5.94. The molecule has 4 rings (SSSR count). The maximum Gasteiger partial charge on any atom is 0.254 e. The van der Waals surface area contributed by atoms with Crippen molar-refractivity contribution in [1.29, 1.82) is 0 Å². The molecule has 1 amide bonds. The van der Waals surface area contributed by atoms with Gasteiger partial charge in [0.1, 0.15) is 4.90 Å². The minimum absolute atomic E-state index is 0.00893. The summed E-state index contributed by atoms with van der Waals surface area (Å²) in [5.41, 5.74) is 1.20. The van der Waals surface area contributed by atoms with Gasteiger partial charge in [-0.05, 0) is 55.5 Å². The largest absolute Gasteiger partial charge is 0.376 e. The first-order valence-electron chi connectivity index (χ1n) is 11.0. The van der Waals surface area contributed by atoms with Crippen LogP contribution < -0.4 is 0 Å². The SMILES string of the molecule is O=C(c1ccc(Cl)c(S(=O)(=O)N2CCCCC2)c1)N(Cc1cccnc1)CC1CCCO1. The van der Waals surface area contributed by atoms with Crippen molar-refractivity contribution in [2.24, 2.45) is 0 Å². The van der Waals surface area contributed by atoms with Gasteiger partial charge in [0.05, 0.1) is 11.1 Å². The van der Waals surface area contributed by atoms with Crippen LogP contribution in [0.25, 0.3) is 0 Å². The number of carbonyl (C=O) groups excluding carboxylic acids is 1. The highest BCUT2D eigenvalue weighted by atomic mass is 35.5. The lowest BCUT2D eigenvalue weighted by Crippen LogP contribution is -2.37. The fourth-order valence-electron chi connectivity index (χ4n) is 4.23. The number of hydrogen-bond acceptors (Lipinski definition) is 5. The van der Waals surface area contributed by atoms with E-state index in [4.69, 9.17) is 16.3 Å². The molecule has 9 heteroatoms. The average molecular weight is 478 g/mol. The Kier molecular flexibility index (Phi) is 7.45. The van der Waals surface area contributed by atoms with Crippen LogP contribution in [0.3, 0.4) is 0 Å². The van der Waals surface area contributed by atoms with Crippen molar-refractivity contribution in [3.8, 4) is 0 Å². The minimum Gasteiger partial charge on any atom is -0.376 e. The summed E-state index contributed by atoms with van der Waals surface area (Å²) in [6, 6.07) is 8.25. The lowest BCUT2D eigenvalue weighted by atomic mass is 10.1. The van der Waals surface area contributed by atoms with Crippen LogP contribution in [0, 0.1) is 0 Å². The molecule has 0 aliphatic carbocycles. The van der Waals surface area contributed by atoms with Crippen molar-refractivity contribution >= 4 is 27.5 Å². The molecule has 32 heavy (non-hydrogen) atoms. The van der Waals surface area contributed by atoms with Gasteiger partial charge in [0, 0.05) is 50.7 Å². The van der Waals surface area contributed by atoms with Crippen LogP contribution in [0.5, 0.6) is 0 Å². The normalized spacial score (nSPS) is 19.7. The quantitative estimate of drug-likeness (QED) is 0.607. The Morgan fingerprint density at radius 1 is 1.19 bits per heavy atom. The molecule has 0 N–H and O–H groups in total. The number of carbonyl (C=O) groups is 1. The second-order valence-electron chi connectivity index (χ2n) is 8.29. The van der Waals surface area contributed by atoms with E-state index in [1.54, 1.807) is 23.4 Å². The molecule has 1 atom stereocenters. The van der Waals surface area contributed by atoms with Gasteiger partial charge in [-0.25, -0.2) is 8.42 Å². The van der Waals surface area contributed by atoms with Gasteiger partial charge >= 0.3 is 0 Å². The van der Waals surface area contributed by atoms with Crippen molar-refractivity contribution in [2.45, 2.75) is 49.6 Å². The van der Waals surface area contributed by atoms with Crippen molar-refractivity contribution in [3.05, 3.63) is 58.9 Å². The second kappa shape index (κ2) is 10.3. The zero-order valence-corrected chi connectivity index (χ0v) is 19.5. The zero-order valence-electron chi connectivity index (χ0n) is 18.0. The number of pyridine rings is 1. The van der Waals surface area contributed by atoms with Crippen LogP contribution in [0.15, 0.2) is 47.6 Å². The number of rotatable bonds is 7. The predicted molar refractivity (Wildman–Crippen MR) is 122 cm³/mol. The summed E-state index contributed by atoms with van der Waals surface area (Å²) in [4.78, 5) is 19.3. The monoisotopic (exact) mass is 477 g/mol. The first-order valence-corrected chi connectivity index (χ1v) is 12.9. The Balaban J connectivity index is 1.62. The molecule has 7 nitrogen and oxygen atoms in total. The number of aromatic nitrogens is 1. The first kappa shape index (κ1) is 23.2. The molecule has 0 bridgehead atoms. The molecule has 2 aromatic rings. The van der Waals surface area contributed by atoms with Gasteiger partial charge in [-0.15, -0.1) is 0 Å². The van der Waals surface area contributed by atoms with Gasteiger partial charge in [-0.3, -0.25) is 9.78 Å². The lowest BCUT2D eigenvalue weighted by molar-refractivity contribution is 0.0507. The van der Waals surface area contributed by atoms with E-state index in [2.05, 4.69) is 4.98 Å². The van der Waals surface area contributed by atoms with E-state index in [1.807, 2.05) is 12.1 Å². The molecule has 0 spiro atoms. The van der Waals surface area contributed by atoms with Crippen molar-refractivity contribution in [2.75, 3.05) is 26.2 Å². The fraction of sp³-hybridized carbons (Fsp3) is 0.478. The summed E-state index contributed by atoms with van der Waals surface area (Å²) < 4.78 is 33.6. The Morgan fingerprint density at radius 2 is 2.00 bits per heavy atom. The fourth-order valence-corrected chi connectivity index (χ4v) is 6.24. The summed E-state index contributed by atoms with van der Waals surface area (Å²) in [6.45, 7) is 2.44. The van der Waals surface area contributed by atoms with E-state index in [0.717, 1.165) is 37.7 Å². The van der Waals surface area contributed by atoms with E-state index >= 15 is 0 Å². The van der Waals surface area contributed by atoms with Crippen molar-refractivity contribution in [1.82, 2.24) is 14.2 Å². The highest BCUT2D eigenvalue weighted by molar-refractivity contribution is 7.89. The van der Waals surface area contributed by atoms with Gasteiger partial charge in [-0.1, -0.05) is 24.1 Å². The first-order chi connectivity index (χ1) is 15.4. The Hall–Kier alpha value is -2.00. The molecule has 2 aliphatic rings. The smallest absolute Gasteiger partial charge is 0.254 e. The second-order valence-corrected chi connectivity index (χ2v) is 10.6. The van der Waals surface area contributed by atoms with Gasteiger partial charge < -0.3 is 9.64 Å². The molecule has 1 unspecified atom stereocenters. The Labute approximate surface area is 194 Å². The van der Waals surface area contributed by atoms with Crippen LogP contribution >= 0.6 is 11.6 Å². The molecule has 2 saturated heterocycles. The van der Waals surface area contributed by atoms with Crippen LogP contribution in [0.1, 0.15) is 48.0 Å². The number of halogens is 1. The molecule has 1 aromatic heterocycles. The molecule has 1 aromatic carbocycles. The van der Waals surface area contributed by atoms with E-state index in [1.165, 1.54) is 16.4 Å². The van der Waals surface area contributed by atoms with Crippen LogP contribution in [0.2, 0.25) is 5.02 Å². The number of piperidine rings is 1. The van der Waals surface area contributed by atoms with Crippen LogP contribution in [-0.2, 0) is 21.3 Å². The van der Waals surface area contributed by atoms with Gasteiger partial charge in [0.25, 0.3) is 5.91 Å². The van der Waals surface area contributed by atoms with E-state index in [9.17, 15) is 13.2 Å². The summed E-state index contributed by atoms with van der Waals surface area (Å²) in [5, 5.41) is 0.130. The van der Waals surface area contributed by atoms with Crippen molar-refractivity contribution in [3.63, 3.8) is 0 Å². The summed E-state index contributed by atoms with van der Waals surface area (Å²) in [6.07, 6.45) is 7.93. The van der Waals surface area contributed by atoms with Gasteiger partial charge in [0.2, 0.25) is 10.0 Å². The third-order valence-corrected chi connectivity index (χ3v) is 8.32. The molecule has 172 valence electrons. The number of benzene rings is 1. The zero-order chi connectivity index (χ0) is 22.6. The minimum atomic E-state index is -3.76. The number of nitrogens with zero attached hydrogens (tertiary/aromatic N) is 3. The molecule has 2 fully saturated rings. The van der Waals surface area contributed by atoms with E-state index < -0.39 is 10.0 Å². The lowest BCUT2D eigenvalue weighted by Gasteiger charge is -2.27. The Morgan fingerprint density at radius 3 is 2.69 bits per heavy atom. The van der Waals surface area contributed by atoms with E-state index in [-0.39, 0.29) is 21.9 Å². The molecule has 3 heterocycles. The summed E-state index contributed by atoms with van der Waals surface area (Å²) in [7, 11) is -3.76. The highest BCUT2D eigenvalue weighted by Crippen LogP contribution is 2.29. The molecule has 0 saturated carbocycles. The summed E-state index contributed by atoms with van der Waals surface area (Å²) >= 11 is 6.29. The number of ether oxygens (including phenoxy) is 1. The highest BCUT2D eigenvalue weighted by Gasteiger charge is 2.30. The number of amides is 1. The van der Waals surface area contributed by atoms with E-state index in [0.29, 0.717) is 38.3 Å². The average Bonchev–Trinajstić information content (AvgIpc) is 3.33. The molecule has 2 aliphatic heterocycles. The third kappa shape index (κ3) is 5.31. The van der Waals surface area contributed by atoms with Gasteiger partial charge in [0.15, 0.2) is 0 Å². The van der Waals surface area contributed by atoms with Crippen LogP contribution in [0.4, 0.5) is 0 Å². The van der Waals surface area contributed by atoms with Crippen LogP contribution in [-0.4, -0.2) is 60.9 Å². The predicted octanol–water partition coefficient (Wildman–Crippen LogP) is 3.73. The Bertz CT molecular complexity index is 1040.